The molecule has 0 saturated carbocycles. The Kier molecular flexibility index (Phi) is 4.58. The van der Waals surface area contributed by atoms with Gasteiger partial charge in [-0.05, 0) is 40.0 Å². The summed E-state index contributed by atoms with van der Waals surface area (Å²) in [4.78, 5) is 4.94. The van der Waals surface area contributed by atoms with Gasteiger partial charge in [0.15, 0.2) is 0 Å². The molecular weight excluding hydrogens is 202 g/mol. The largest absolute Gasteiger partial charge is 0.378 e. The number of ether oxygens (including phenoxy) is 1. The molecule has 2 aliphatic rings. The molecule has 4 nitrogen and oxygen atoms in total. The monoisotopic (exact) mass is 227 g/mol. The van der Waals surface area contributed by atoms with E-state index in [1.807, 2.05) is 0 Å². The fourth-order valence-corrected chi connectivity index (χ4v) is 2.67. The van der Waals surface area contributed by atoms with E-state index < -0.39 is 0 Å². The van der Waals surface area contributed by atoms with Crippen molar-refractivity contribution in [1.29, 1.82) is 0 Å². The third-order valence-corrected chi connectivity index (χ3v) is 3.76. The Morgan fingerprint density at radius 2 is 2.06 bits per heavy atom. The van der Waals surface area contributed by atoms with Crippen molar-refractivity contribution >= 4 is 0 Å². The zero-order chi connectivity index (χ0) is 11.4. The number of hydrogen-bond acceptors (Lipinski definition) is 4. The van der Waals surface area contributed by atoms with E-state index in [4.69, 9.17) is 4.74 Å². The highest BCUT2D eigenvalue weighted by Crippen LogP contribution is 2.14. The van der Waals surface area contributed by atoms with E-state index in [0.717, 1.165) is 32.3 Å². The van der Waals surface area contributed by atoms with Crippen molar-refractivity contribution < 1.29 is 4.74 Å². The van der Waals surface area contributed by atoms with Gasteiger partial charge in [-0.1, -0.05) is 0 Å². The molecule has 2 saturated heterocycles. The van der Waals surface area contributed by atoms with Gasteiger partial charge in [-0.3, -0.25) is 0 Å². The number of nitrogens with one attached hydrogen (secondary N) is 1. The van der Waals surface area contributed by atoms with Crippen LogP contribution in [0.25, 0.3) is 0 Å². The van der Waals surface area contributed by atoms with E-state index in [2.05, 4.69) is 29.2 Å². The molecule has 94 valence electrons. The lowest BCUT2D eigenvalue weighted by Gasteiger charge is -2.37. The minimum atomic E-state index is 0.546. The molecule has 0 aromatic carbocycles. The summed E-state index contributed by atoms with van der Waals surface area (Å²) in [7, 11) is 4.38. The van der Waals surface area contributed by atoms with Crippen LogP contribution in [0.4, 0.5) is 0 Å². The number of morpholine rings is 1. The van der Waals surface area contributed by atoms with Crippen LogP contribution in [0.1, 0.15) is 12.8 Å². The van der Waals surface area contributed by atoms with Crippen molar-refractivity contribution in [2.45, 2.75) is 24.9 Å². The Morgan fingerprint density at radius 1 is 1.31 bits per heavy atom. The van der Waals surface area contributed by atoms with E-state index in [-0.39, 0.29) is 0 Å². The predicted octanol–water partition coefficient (Wildman–Crippen LogP) is 0.000800. The van der Waals surface area contributed by atoms with Crippen LogP contribution in [0.5, 0.6) is 0 Å². The third kappa shape index (κ3) is 3.42. The van der Waals surface area contributed by atoms with Gasteiger partial charge in [-0.2, -0.15) is 0 Å². The van der Waals surface area contributed by atoms with Crippen molar-refractivity contribution in [3.8, 4) is 0 Å². The third-order valence-electron chi connectivity index (χ3n) is 3.76. The van der Waals surface area contributed by atoms with Crippen LogP contribution >= 0.6 is 0 Å². The molecule has 0 amide bonds. The van der Waals surface area contributed by atoms with Gasteiger partial charge in [0.1, 0.15) is 0 Å². The van der Waals surface area contributed by atoms with Gasteiger partial charge in [0.05, 0.1) is 13.2 Å². The SMILES string of the molecule is CN(C)C1CCN(CC2COCCN2)CC1. The molecule has 0 aromatic rings. The standard InChI is InChI=1S/C12H25N3O/c1-14(2)12-3-6-15(7-4-12)9-11-10-16-8-5-13-11/h11-13H,3-10H2,1-2H3. The second kappa shape index (κ2) is 5.96. The number of nitrogens with zero attached hydrogens (tertiary/aromatic N) is 2. The van der Waals surface area contributed by atoms with Gasteiger partial charge in [-0.25, -0.2) is 0 Å². The maximum absolute atomic E-state index is 5.49. The summed E-state index contributed by atoms with van der Waals surface area (Å²) in [5.74, 6) is 0. The van der Waals surface area contributed by atoms with Gasteiger partial charge in [0, 0.05) is 25.2 Å². The highest BCUT2D eigenvalue weighted by Gasteiger charge is 2.23. The molecule has 2 aliphatic heterocycles. The zero-order valence-corrected chi connectivity index (χ0v) is 10.6. The molecule has 1 N–H and O–H groups in total. The first kappa shape index (κ1) is 12.3. The average Bonchev–Trinajstić information content (AvgIpc) is 2.31. The van der Waals surface area contributed by atoms with Crippen LogP contribution in [0.3, 0.4) is 0 Å². The Hall–Kier alpha value is -0.160. The van der Waals surface area contributed by atoms with Crippen molar-refractivity contribution in [3.63, 3.8) is 0 Å². The molecular formula is C12H25N3O. The highest BCUT2D eigenvalue weighted by atomic mass is 16.5. The first-order valence-electron chi connectivity index (χ1n) is 6.45. The summed E-state index contributed by atoms with van der Waals surface area (Å²) >= 11 is 0. The lowest BCUT2D eigenvalue weighted by atomic mass is 10.0. The second-order valence-electron chi connectivity index (χ2n) is 5.22. The second-order valence-corrected chi connectivity index (χ2v) is 5.22. The molecule has 16 heavy (non-hydrogen) atoms. The van der Waals surface area contributed by atoms with E-state index >= 15 is 0 Å². The van der Waals surface area contributed by atoms with E-state index in [9.17, 15) is 0 Å². The predicted molar refractivity (Wildman–Crippen MR) is 65.8 cm³/mol. The van der Waals surface area contributed by atoms with Crippen LogP contribution in [0, 0.1) is 0 Å². The van der Waals surface area contributed by atoms with Crippen molar-refractivity contribution in [3.05, 3.63) is 0 Å². The summed E-state index contributed by atoms with van der Waals surface area (Å²) in [5.41, 5.74) is 0. The van der Waals surface area contributed by atoms with Crippen LogP contribution in [0.15, 0.2) is 0 Å². The van der Waals surface area contributed by atoms with E-state index in [0.29, 0.717) is 6.04 Å². The molecule has 0 bridgehead atoms. The topological polar surface area (TPSA) is 27.7 Å². The first-order chi connectivity index (χ1) is 7.75. The van der Waals surface area contributed by atoms with Crippen LogP contribution in [0.2, 0.25) is 0 Å². The lowest BCUT2D eigenvalue weighted by Crippen LogP contribution is -2.51. The van der Waals surface area contributed by atoms with Gasteiger partial charge in [0.2, 0.25) is 0 Å². The van der Waals surface area contributed by atoms with E-state index in [1.54, 1.807) is 0 Å². The number of piperidine rings is 1. The fourth-order valence-electron chi connectivity index (χ4n) is 2.67. The molecule has 2 rings (SSSR count). The quantitative estimate of drug-likeness (QED) is 0.734. The van der Waals surface area contributed by atoms with Gasteiger partial charge < -0.3 is 19.9 Å². The Labute approximate surface area is 98.9 Å². The number of rotatable bonds is 3. The van der Waals surface area contributed by atoms with Gasteiger partial charge in [0.25, 0.3) is 0 Å². The molecule has 1 atom stereocenters. The molecule has 2 heterocycles. The molecule has 4 heteroatoms. The van der Waals surface area contributed by atoms with Crippen LogP contribution in [-0.2, 0) is 4.74 Å². The van der Waals surface area contributed by atoms with Gasteiger partial charge in [-0.15, -0.1) is 0 Å². The Morgan fingerprint density at radius 3 is 2.62 bits per heavy atom. The maximum Gasteiger partial charge on any atom is 0.0632 e. The van der Waals surface area contributed by atoms with Gasteiger partial charge >= 0.3 is 0 Å². The minimum Gasteiger partial charge on any atom is -0.378 e. The smallest absolute Gasteiger partial charge is 0.0632 e. The molecule has 0 spiro atoms. The van der Waals surface area contributed by atoms with Crippen LogP contribution in [-0.4, -0.2) is 75.4 Å². The maximum atomic E-state index is 5.49. The fraction of sp³-hybridized carbons (Fsp3) is 1.00. The Balaban J connectivity index is 1.68. The molecule has 0 aromatic heterocycles. The molecule has 1 unspecified atom stereocenters. The minimum absolute atomic E-state index is 0.546. The summed E-state index contributed by atoms with van der Waals surface area (Å²) in [6, 6.07) is 1.33. The number of likely N-dealkylation sites (tertiary alicyclic amines) is 1. The summed E-state index contributed by atoms with van der Waals surface area (Å²) in [6.45, 7) is 6.40. The van der Waals surface area contributed by atoms with Crippen molar-refractivity contribution in [1.82, 2.24) is 15.1 Å². The normalized spacial score (nSPS) is 29.8. The summed E-state index contributed by atoms with van der Waals surface area (Å²) in [5, 5.41) is 3.52. The highest BCUT2D eigenvalue weighted by molar-refractivity contribution is 4.81. The van der Waals surface area contributed by atoms with Crippen molar-refractivity contribution in [2.24, 2.45) is 0 Å². The molecule has 2 fully saturated rings. The zero-order valence-electron chi connectivity index (χ0n) is 10.6. The first-order valence-corrected chi connectivity index (χ1v) is 6.45. The van der Waals surface area contributed by atoms with Crippen molar-refractivity contribution in [2.75, 3.05) is 53.5 Å². The molecule has 0 radical (unpaired) electrons. The molecule has 0 aliphatic carbocycles. The Bertz CT molecular complexity index is 196. The summed E-state index contributed by atoms with van der Waals surface area (Å²) in [6.07, 6.45) is 2.61. The van der Waals surface area contributed by atoms with Crippen LogP contribution < -0.4 is 5.32 Å². The summed E-state index contributed by atoms with van der Waals surface area (Å²) < 4.78 is 5.49. The lowest BCUT2D eigenvalue weighted by molar-refractivity contribution is 0.0530. The average molecular weight is 227 g/mol. The number of hydrogen-bond donors (Lipinski definition) is 1. The van der Waals surface area contributed by atoms with E-state index in [1.165, 1.54) is 25.9 Å².